The smallest absolute Gasteiger partial charge is 0.0621 e. The Bertz CT molecular complexity index is 461. The van der Waals surface area contributed by atoms with Crippen LogP contribution in [0, 0.1) is 16.7 Å². The van der Waals surface area contributed by atoms with Gasteiger partial charge >= 0.3 is 0 Å². The molecular formula is C18H27N3. The van der Waals surface area contributed by atoms with Crippen LogP contribution >= 0.6 is 0 Å². The number of hydrogen-bond donors (Lipinski definition) is 1. The first-order valence-electron chi connectivity index (χ1n) is 7.96. The van der Waals surface area contributed by atoms with E-state index >= 15 is 0 Å². The molecule has 1 fully saturated rings. The van der Waals surface area contributed by atoms with E-state index in [0.29, 0.717) is 12.5 Å². The van der Waals surface area contributed by atoms with Crippen molar-refractivity contribution in [3.63, 3.8) is 0 Å². The van der Waals surface area contributed by atoms with Gasteiger partial charge in [0, 0.05) is 38.6 Å². The van der Waals surface area contributed by atoms with Crippen molar-refractivity contribution >= 4 is 0 Å². The highest BCUT2D eigenvalue weighted by Crippen LogP contribution is 2.22. The van der Waals surface area contributed by atoms with E-state index in [1.54, 1.807) is 0 Å². The molecule has 0 aliphatic carbocycles. The molecule has 1 atom stereocenters. The van der Waals surface area contributed by atoms with Gasteiger partial charge in [0.2, 0.25) is 0 Å². The second-order valence-corrected chi connectivity index (χ2v) is 6.91. The molecule has 1 aliphatic rings. The fourth-order valence-electron chi connectivity index (χ4n) is 2.89. The maximum absolute atomic E-state index is 8.71. The lowest BCUT2D eigenvalue weighted by Gasteiger charge is -2.26. The van der Waals surface area contributed by atoms with Crippen LogP contribution in [0.2, 0.25) is 0 Å². The monoisotopic (exact) mass is 285 g/mol. The normalized spacial score (nSPS) is 19.6. The van der Waals surface area contributed by atoms with Crippen LogP contribution in [0.25, 0.3) is 0 Å². The predicted molar refractivity (Wildman–Crippen MR) is 86.8 cm³/mol. The zero-order chi connectivity index (χ0) is 15.1. The van der Waals surface area contributed by atoms with Crippen LogP contribution in [0.3, 0.4) is 0 Å². The molecule has 1 saturated heterocycles. The first-order valence-corrected chi connectivity index (χ1v) is 7.96. The van der Waals surface area contributed by atoms with Crippen molar-refractivity contribution in [1.29, 1.82) is 5.26 Å². The van der Waals surface area contributed by atoms with Crippen LogP contribution in [0.15, 0.2) is 30.3 Å². The Hall–Kier alpha value is -1.37. The SMILES string of the molecule is CC(C)(CCC#N)CNC1CCN(Cc2ccccc2)C1. The van der Waals surface area contributed by atoms with Crippen LogP contribution in [0.5, 0.6) is 0 Å². The second kappa shape index (κ2) is 7.59. The average Bonchev–Trinajstić information content (AvgIpc) is 2.92. The maximum atomic E-state index is 8.71. The van der Waals surface area contributed by atoms with Gasteiger partial charge in [0.05, 0.1) is 6.07 Å². The maximum Gasteiger partial charge on any atom is 0.0621 e. The highest BCUT2D eigenvalue weighted by atomic mass is 15.2. The lowest BCUT2D eigenvalue weighted by Crippen LogP contribution is -2.38. The molecule has 0 bridgehead atoms. The molecule has 1 aromatic carbocycles. The third-order valence-corrected chi connectivity index (χ3v) is 4.30. The quantitative estimate of drug-likeness (QED) is 0.836. The fourth-order valence-corrected chi connectivity index (χ4v) is 2.89. The molecule has 21 heavy (non-hydrogen) atoms. The predicted octanol–water partition coefficient (Wildman–Crippen LogP) is 3.18. The minimum Gasteiger partial charge on any atom is -0.312 e. The Morgan fingerprint density at radius 2 is 2.10 bits per heavy atom. The molecule has 1 aliphatic heterocycles. The van der Waals surface area contributed by atoms with Gasteiger partial charge in [0.15, 0.2) is 0 Å². The van der Waals surface area contributed by atoms with E-state index in [1.807, 2.05) is 0 Å². The molecule has 1 aromatic rings. The lowest BCUT2D eigenvalue weighted by molar-refractivity contribution is 0.285. The number of likely N-dealkylation sites (tertiary alicyclic amines) is 1. The second-order valence-electron chi connectivity index (χ2n) is 6.91. The highest BCUT2D eigenvalue weighted by molar-refractivity contribution is 5.14. The molecule has 0 aromatic heterocycles. The zero-order valence-corrected chi connectivity index (χ0v) is 13.3. The third kappa shape index (κ3) is 5.49. The Morgan fingerprint density at radius 1 is 1.33 bits per heavy atom. The molecule has 3 nitrogen and oxygen atoms in total. The van der Waals surface area contributed by atoms with E-state index in [4.69, 9.17) is 5.26 Å². The Morgan fingerprint density at radius 3 is 2.81 bits per heavy atom. The summed E-state index contributed by atoms with van der Waals surface area (Å²) in [4.78, 5) is 2.52. The number of benzene rings is 1. The van der Waals surface area contributed by atoms with E-state index < -0.39 is 0 Å². The van der Waals surface area contributed by atoms with Gasteiger partial charge in [-0.1, -0.05) is 44.2 Å². The average molecular weight is 285 g/mol. The van der Waals surface area contributed by atoms with Gasteiger partial charge in [-0.15, -0.1) is 0 Å². The summed E-state index contributed by atoms with van der Waals surface area (Å²) in [7, 11) is 0. The highest BCUT2D eigenvalue weighted by Gasteiger charge is 2.25. The van der Waals surface area contributed by atoms with Crippen molar-refractivity contribution in [3.05, 3.63) is 35.9 Å². The van der Waals surface area contributed by atoms with Crippen molar-refractivity contribution in [2.75, 3.05) is 19.6 Å². The van der Waals surface area contributed by atoms with Gasteiger partial charge in [-0.3, -0.25) is 4.90 Å². The summed E-state index contributed by atoms with van der Waals surface area (Å²) in [6.45, 7) is 8.84. The summed E-state index contributed by atoms with van der Waals surface area (Å²) in [5.41, 5.74) is 1.61. The van der Waals surface area contributed by atoms with Crippen LogP contribution in [-0.4, -0.2) is 30.6 Å². The summed E-state index contributed by atoms with van der Waals surface area (Å²) in [6, 6.07) is 13.5. The van der Waals surface area contributed by atoms with Crippen LogP contribution < -0.4 is 5.32 Å². The molecule has 0 amide bonds. The van der Waals surface area contributed by atoms with Crippen molar-refractivity contribution in [1.82, 2.24) is 10.2 Å². The largest absolute Gasteiger partial charge is 0.312 e. The minimum absolute atomic E-state index is 0.211. The van der Waals surface area contributed by atoms with Crippen LogP contribution in [-0.2, 0) is 6.54 Å². The molecule has 2 rings (SSSR count). The molecule has 0 saturated carbocycles. The van der Waals surface area contributed by atoms with Crippen molar-refractivity contribution < 1.29 is 0 Å². The third-order valence-electron chi connectivity index (χ3n) is 4.30. The molecule has 0 spiro atoms. The Balaban J connectivity index is 1.72. The van der Waals surface area contributed by atoms with Crippen molar-refractivity contribution in [3.8, 4) is 6.07 Å². The standard InChI is InChI=1S/C18H27N3/c1-18(2,10-6-11-19)15-20-17-9-12-21(14-17)13-16-7-4-3-5-8-16/h3-5,7-8,17,20H,6,9-10,12-15H2,1-2H3. The van der Waals surface area contributed by atoms with E-state index in [0.717, 1.165) is 26.1 Å². The van der Waals surface area contributed by atoms with Gasteiger partial charge in [-0.05, 0) is 23.8 Å². The van der Waals surface area contributed by atoms with E-state index in [9.17, 15) is 0 Å². The van der Waals surface area contributed by atoms with Gasteiger partial charge < -0.3 is 5.32 Å². The summed E-state index contributed by atoms with van der Waals surface area (Å²) in [5.74, 6) is 0. The molecule has 114 valence electrons. The van der Waals surface area contributed by atoms with E-state index in [-0.39, 0.29) is 5.41 Å². The molecule has 1 N–H and O–H groups in total. The van der Waals surface area contributed by atoms with Crippen LogP contribution in [0.1, 0.15) is 38.7 Å². The number of nitrogens with one attached hydrogen (secondary N) is 1. The van der Waals surface area contributed by atoms with Gasteiger partial charge in [-0.2, -0.15) is 5.26 Å². The molecule has 0 radical (unpaired) electrons. The summed E-state index contributed by atoms with van der Waals surface area (Å²) in [6.07, 6.45) is 2.84. The van der Waals surface area contributed by atoms with Gasteiger partial charge in [0.1, 0.15) is 0 Å². The zero-order valence-electron chi connectivity index (χ0n) is 13.3. The summed E-state index contributed by atoms with van der Waals surface area (Å²) >= 11 is 0. The first kappa shape index (κ1) is 16.0. The Kier molecular flexibility index (Phi) is 5.78. The fraction of sp³-hybridized carbons (Fsp3) is 0.611. The minimum atomic E-state index is 0.211. The van der Waals surface area contributed by atoms with E-state index in [1.165, 1.54) is 18.5 Å². The Labute approximate surface area is 129 Å². The number of rotatable bonds is 7. The van der Waals surface area contributed by atoms with Crippen LogP contribution in [0.4, 0.5) is 0 Å². The van der Waals surface area contributed by atoms with Gasteiger partial charge in [-0.25, -0.2) is 0 Å². The number of hydrogen-bond acceptors (Lipinski definition) is 3. The molecule has 3 heteroatoms. The van der Waals surface area contributed by atoms with Crippen molar-refractivity contribution in [2.24, 2.45) is 5.41 Å². The molecule has 1 unspecified atom stereocenters. The summed E-state index contributed by atoms with van der Waals surface area (Å²) < 4.78 is 0. The lowest BCUT2D eigenvalue weighted by atomic mass is 9.88. The number of nitriles is 1. The summed E-state index contributed by atoms with van der Waals surface area (Å²) in [5, 5.41) is 12.4. The topological polar surface area (TPSA) is 39.1 Å². The number of nitrogens with zero attached hydrogens (tertiary/aromatic N) is 2. The van der Waals surface area contributed by atoms with E-state index in [2.05, 4.69) is 60.5 Å². The van der Waals surface area contributed by atoms with Gasteiger partial charge in [0.25, 0.3) is 0 Å². The van der Waals surface area contributed by atoms with Crippen molar-refractivity contribution in [2.45, 2.75) is 45.7 Å². The molecular weight excluding hydrogens is 258 g/mol. The molecule has 1 heterocycles. The first-order chi connectivity index (χ1) is 10.1.